The summed E-state index contributed by atoms with van der Waals surface area (Å²) in [7, 11) is 0. The van der Waals surface area contributed by atoms with Crippen LogP contribution in [0, 0.1) is 12.8 Å². The van der Waals surface area contributed by atoms with Crippen molar-refractivity contribution in [3.63, 3.8) is 0 Å². The maximum Gasteiger partial charge on any atom is 0.338 e. The molecule has 7 heteroatoms. The number of aryl methyl sites for hydroxylation is 1. The molecule has 0 radical (unpaired) electrons. The summed E-state index contributed by atoms with van der Waals surface area (Å²) in [5, 5.41) is 4.00. The molecule has 0 spiro atoms. The lowest BCUT2D eigenvalue weighted by Gasteiger charge is -2.31. The number of esters is 1. The number of hydrogen-bond donors (Lipinski definition) is 1. The van der Waals surface area contributed by atoms with E-state index in [-0.39, 0.29) is 17.8 Å². The van der Waals surface area contributed by atoms with Crippen LogP contribution in [0.3, 0.4) is 0 Å². The highest BCUT2D eigenvalue weighted by Crippen LogP contribution is 2.32. The van der Waals surface area contributed by atoms with Gasteiger partial charge in [0, 0.05) is 24.7 Å². The predicted octanol–water partition coefficient (Wildman–Crippen LogP) is 4.64. The molecule has 1 N–H and O–H groups in total. The molecule has 2 aromatic carbocycles. The number of fused-ring (bicyclic) bond motifs is 1. The van der Waals surface area contributed by atoms with Crippen molar-refractivity contribution in [2.24, 2.45) is 5.92 Å². The van der Waals surface area contributed by atoms with E-state index in [0.29, 0.717) is 17.9 Å². The van der Waals surface area contributed by atoms with E-state index in [4.69, 9.17) is 9.72 Å². The molecule has 6 nitrogen and oxygen atoms in total. The molecule has 3 aromatic rings. The van der Waals surface area contributed by atoms with E-state index in [0.717, 1.165) is 36.6 Å². The molecule has 4 rings (SSSR count). The lowest BCUT2D eigenvalue weighted by molar-refractivity contribution is -0.120. The number of carbonyl (C=O) groups excluding carboxylic acids is 2. The molecule has 0 bridgehead atoms. The minimum absolute atomic E-state index is 0.0254. The number of nitrogens with one attached hydrogen (secondary N) is 1. The lowest BCUT2D eigenvalue weighted by Crippen LogP contribution is -2.38. The second kappa shape index (κ2) is 8.83. The summed E-state index contributed by atoms with van der Waals surface area (Å²) in [4.78, 5) is 31.4. The Kier molecular flexibility index (Phi) is 5.99. The molecule has 0 saturated carbocycles. The van der Waals surface area contributed by atoms with Crippen LogP contribution in [0.15, 0.2) is 42.5 Å². The number of amides is 1. The fourth-order valence-corrected chi connectivity index (χ4v) is 4.75. The van der Waals surface area contributed by atoms with Crippen molar-refractivity contribution in [1.82, 2.24) is 4.98 Å². The first kappa shape index (κ1) is 20.3. The predicted molar refractivity (Wildman–Crippen MR) is 120 cm³/mol. The smallest absolute Gasteiger partial charge is 0.338 e. The average molecular weight is 424 g/mol. The SMILES string of the molecule is CCOC(=O)c1ccc(NC(=O)C2CCN(c3nc4ccc(C)cc4s3)CC2)cc1. The Bertz CT molecular complexity index is 1050. The Balaban J connectivity index is 1.33. The number of benzene rings is 2. The van der Waals surface area contributed by atoms with E-state index in [2.05, 4.69) is 35.3 Å². The molecule has 0 atom stereocenters. The molecule has 2 heterocycles. The van der Waals surface area contributed by atoms with Crippen molar-refractivity contribution >= 4 is 44.2 Å². The number of ether oxygens (including phenoxy) is 1. The first-order chi connectivity index (χ1) is 14.5. The molecule has 1 saturated heterocycles. The number of thiazole rings is 1. The van der Waals surface area contributed by atoms with Gasteiger partial charge in [0.1, 0.15) is 0 Å². The van der Waals surface area contributed by atoms with Crippen LogP contribution in [0.5, 0.6) is 0 Å². The highest BCUT2D eigenvalue weighted by atomic mass is 32.1. The van der Waals surface area contributed by atoms with E-state index in [1.165, 1.54) is 10.3 Å². The highest BCUT2D eigenvalue weighted by Gasteiger charge is 2.26. The van der Waals surface area contributed by atoms with Crippen LogP contribution in [-0.4, -0.2) is 36.6 Å². The molecule has 1 aliphatic rings. The quantitative estimate of drug-likeness (QED) is 0.606. The lowest BCUT2D eigenvalue weighted by atomic mass is 9.96. The fourth-order valence-electron chi connectivity index (χ4n) is 3.64. The average Bonchev–Trinajstić information content (AvgIpc) is 3.17. The van der Waals surface area contributed by atoms with E-state index >= 15 is 0 Å². The fraction of sp³-hybridized carbons (Fsp3) is 0.348. The van der Waals surface area contributed by atoms with Crippen LogP contribution in [0.1, 0.15) is 35.7 Å². The number of carbonyl (C=O) groups is 2. The molecule has 1 aromatic heterocycles. The molecule has 0 unspecified atom stereocenters. The van der Waals surface area contributed by atoms with Crippen molar-refractivity contribution < 1.29 is 14.3 Å². The molecule has 156 valence electrons. The van der Waals surface area contributed by atoms with Gasteiger partial charge in [-0.3, -0.25) is 4.79 Å². The van der Waals surface area contributed by atoms with Crippen molar-refractivity contribution in [3.05, 3.63) is 53.6 Å². The van der Waals surface area contributed by atoms with Crippen LogP contribution in [-0.2, 0) is 9.53 Å². The summed E-state index contributed by atoms with van der Waals surface area (Å²) in [6, 6.07) is 13.1. The highest BCUT2D eigenvalue weighted by molar-refractivity contribution is 7.22. The van der Waals surface area contributed by atoms with E-state index in [1.54, 1.807) is 42.5 Å². The number of hydrogen-bond acceptors (Lipinski definition) is 6. The van der Waals surface area contributed by atoms with Gasteiger partial charge in [0.15, 0.2) is 5.13 Å². The molecule has 0 aliphatic carbocycles. The standard InChI is InChI=1S/C23H25N3O3S/c1-3-29-22(28)17-5-7-18(8-6-17)24-21(27)16-10-12-26(13-11-16)23-25-19-9-4-15(2)14-20(19)30-23/h4-9,14,16H,3,10-13H2,1-2H3,(H,24,27). The van der Waals surface area contributed by atoms with Gasteiger partial charge in [-0.15, -0.1) is 0 Å². The van der Waals surface area contributed by atoms with E-state index < -0.39 is 0 Å². The van der Waals surface area contributed by atoms with E-state index in [9.17, 15) is 9.59 Å². The third kappa shape index (κ3) is 4.46. The summed E-state index contributed by atoms with van der Waals surface area (Å²) in [6.07, 6.45) is 1.59. The number of anilines is 2. The van der Waals surface area contributed by atoms with Gasteiger partial charge in [0.25, 0.3) is 0 Å². The normalized spacial score (nSPS) is 14.7. The number of aromatic nitrogens is 1. The molecule has 1 fully saturated rings. The zero-order valence-electron chi connectivity index (χ0n) is 17.2. The van der Waals surface area contributed by atoms with Crippen molar-refractivity contribution in [2.45, 2.75) is 26.7 Å². The van der Waals surface area contributed by atoms with Gasteiger partial charge >= 0.3 is 5.97 Å². The molecular weight excluding hydrogens is 398 g/mol. The summed E-state index contributed by atoms with van der Waals surface area (Å²) in [5.74, 6) is -0.353. The zero-order chi connectivity index (χ0) is 21.1. The van der Waals surface area contributed by atoms with Crippen molar-refractivity contribution in [3.8, 4) is 0 Å². The Labute approximate surface area is 179 Å². The van der Waals surface area contributed by atoms with Gasteiger partial charge in [-0.05, 0) is 68.7 Å². The Morgan fingerprint density at radius 1 is 1.17 bits per heavy atom. The van der Waals surface area contributed by atoms with Crippen molar-refractivity contribution in [1.29, 1.82) is 0 Å². The van der Waals surface area contributed by atoms with Crippen LogP contribution in [0.4, 0.5) is 10.8 Å². The third-order valence-corrected chi connectivity index (χ3v) is 6.41. The summed E-state index contributed by atoms with van der Waals surface area (Å²) in [5.41, 5.74) is 3.45. The minimum atomic E-state index is -0.354. The largest absolute Gasteiger partial charge is 0.462 e. The van der Waals surface area contributed by atoms with Crippen LogP contribution in [0.25, 0.3) is 10.2 Å². The molecule has 1 amide bonds. The first-order valence-corrected chi connectivity index (χ1v) is 11.1. The van der Waals surface area contributed by atoms with Gasteiger partial charge in [-0.2, -0.15) is 0 Å². The first-order valence-electron chi connectivity index (χ1n) is 10.2. The molecule has 1 aliphatic heterocycles. The summed E-state index contributed by atoms with van der Waals surface area (Å²) >= 11 is 1.71. The number of piperidine rings is 1. The van der Waals surface area contributed by atoms with Crippen LogP contribution in [0.2, 0.25) is 0 Å². The molecular formula is C23H25N3O3S. The van der Waals surface area contributed by atoms with Crippen molar-refractivity contribution in [2.75, 3.05) is 29.9 Å². The second-order valence-corrected chi connectivity index (χ2v) is 8.53. The maximum absolute atomic E-state index is 12.7. The zero-order valence-corrected chi connectivity index (χ0v) is 18.0. The summed E-state index contributed by atoms with van der Waals surface area (Å²) in [6.45, 7) is 5.84. The second-order valence-electron chi connectivity index (χ2n) is 7.52. The Morgan fingerprint density at radius 3 is 2.60 bits per heavy atom. The number of rotatable bonds is 5. The van der Waals surface area contributed by atoms with Gasteiger partial charge < -0.3 is 15.0 Å². The number of nitrogens with zero attached hydrogens (tertiary/aromatic N) is 2. The van der Waals surface area contributed by atoms with Crippen LogP contribution >= 0.6 is 11.3 Å². The van der Waals surface area contributed by atoms with E-state index in [1.807, 2.05) is 0 Å². The summed E-state index contributed by atoms with van der Waals surface area (Å²) < 4.78 is 6.19. The van der Waals surface area contributed by atoms with Gasteiger partial charge in [0.2, 0.25) is 5.91 Å². The van der Waals surface area contributed by atoms with Gasteiger partial charge in [-0.25, -0.2) is 9.78 Å². The molecule has 30 heavy (non-hydrogen) atoms. The van der Waals surface area contributed by atoms with Gasteiger partial charge in [0.05, 0.1) is 22.4 Å². The topological polar surface area (TPSA) is 71.5 Å². The Hall–Kier alpha value is -2.93. The Morgan fingerprint density at radius 2 is 1.90 bits per heavy atom. The van der Waals surface area contributed by atoms with Crippen LogP contribution < -0.4 is 10.2 Å². The monoisotopic (exact) mass is 423 g/mol. The minimum Gasteiger partial charge on any atom is -0.462 e. The van der Waals surface area contributed by atoms with Gasteiger partial charge in [-0.1, -0.05) is 17.4 Å². The third-order valence-electron chi connectivity index (χ3n) is 5.33. The maximum atomic E-state index is 12.7.